The number of aliphatic hydroxyl groups is 1. The van der Waals surface area contributed by atoms with Crippen molar-refractivity contribution >= 4 is 10.1 Å². The Morgan fingerprint density at radius 2 is 1.12 bits per heavy atom. The molecule has 0 amide bonds. The van der Waals surface area contributed by atoms with E-state index >= 15 is 0 Å². The number of rotatable bonds is 16. The van der Waals surface area contributed by atoms with E-state index in [1.54, 1.807) is 0 Å². The smallest absolute Gasteiger partial charge is 1.00 e. The number of benzene rings is 2. The quantitative estimate of drug-likeness (QED) is 0.174. The predicted molar refractivity (Wildman–Crippen MR) is 165 cm³/mol. The van der Waals surface area contributed by atoms with E-state index in [-0.39, 0.29) is 43.7 Å². The van der Waals surface area contributed by atoms with Crippen LogP contribution >= 0.6 is 0 Å². The van der Waals surface area contributed by atoms with Gasteiger partial charge in [0.2, 0.25) is 0 Å². The molecule has 0 aromatic heterocycles. The molecular formula is C33H53NaO7S. The van der Waals surface area contributed by atoms with Gasteiger partial charge in [-0.1, -0.05) is 86.3 Å². The molecule has 4 rings (SSSR count). The summed E-state index contributed by atoms with van der Waals surface area (Å²) in [6.07, 6.45) is 15.1. The summed E-state index contributed by atoms with van der Waals surface area (Å²) in [6, 6.07) is 20.3. The third-order valence-corrected chi connectivity index (χ3v) is 7.46. The first-order chi connectivity index (χ1) is 19.9. The summed E-state index contributed by atoms with van der Waals surface area (Å²) >= 11 is 0. The van der Waals surface area contributed by atoms with Gasteiger partial charge >= 0.3 is 29.6 Å². The predicted octanol–water partition coefficient (Wildman–Crippen LogP) is 3.94. The molecular weight excluding hydrogens is 563 g/mol. The Morgan fingerprint density at radius 1 is 0.690 bits per heavy atom. The maximum absolute atomic E-state index is 10.7. The van der Waals surface area contributed by atoms with Gasteiger partial charge in [-0.3, -0.25) is 4.18 Å². The molecule has 9 heteroatoms. The van der Waals surface area contributed by atoms with Gasteiger partial charge in [0.25, 0.3) is 10.1 Å². The zero-order valence-electron chi connectivity index (χ0n) is 27.0. The molecule has 2 fully saturated rings. The van der Waals surface area contributed by atoms with Crippen LogP contribution in [0.1, 0.15) is 89.6 Å². The van der Waals surface area contributed by atoms with E-state index < -0.39 is 10.1 Å². The van der Waals surface area contributed by atoms with Crippen molar-refractivity contribution in [3.05, 3.63) is 71.8 Å². The molecule has 0 spiro atoms. The van der Waals surface area contributed by atoms with Gasteiger partial charge in [-0.2, -0.15) is 8.42 Å². The number of ether oxygens (including phenoxy) is 3. The van der Waals surface area contributed by atoms with Crippen molar-refractivity contribution in [3.8, 4) is 0 Å². The summed E-state index contributed by atoms with van der Waals surface area (Å²) < 4.78 is 42.8. The topological polar surface area (TPSA) is 91.3 Å². The fraction of sp³-hybridized carbons (Fsp3) is 0.636. The Morgan fingerprint density at radius 3 is 1.55 bits per heavy atom. The van der Waals surface area contributed by atoms with Crippen LogP contribution in [-0.2, 0) is 41.7 Å². The molecule has 42 heavy (non-hydrogen) atoms. The van der Waals surface area contributed by atoms with Gasteiger partial charge in [0.15, 0.2) is 0 Å². The minimum Gasteiger partial charge on any atom is -1.00 e. The van der Waals surface area contributed by atoms with E-state index in [0.29, 0.717) is 25.7 Å². The molecule has 1 N–H and O–H groups in total. The van der Waals surface area contributed by atoms with Crippen LogP contribution in [0.2, 0.25) is 0 Å². The SMILES string of the molecule is CS(=O)(=O)OCCCCOCc1ccccc1.OC1CCCC1.[H-].[Na+].c1ccc(COCCCCOC2CCCC2)cc1. The first-order valence-corrected chi connectivity index (χ1v) is 17.1. The third kappa shape index (κ3) is 22.7. The second-order valence-electron chi connectivity index (χ2n) is 10.7. The van der Waals surface area contributed by atoms with Gasteiger partial charge in [-0.05, 0) is 62.5 Å². The summed E-state index contributed by atoms with van der Waals surface area (Å²) in [7, 11) is -3.30. The van der Waals surface area contributed by atoms with Crippen LogP contribution in [-0.4, -0.2) is 58.4 Å². The maximum atomic E-state index is 10.7. The van der Waals surface area contributed by atoms with Crippen LogP contribution in [0.4, 0.5) is 0 Å². The second kappa shape index (κ2) is 25.5. The largest absolute Gasteiger partial charge is 1.00 e. The van der Waals surface area contributed by atoms with E-state index in [0.717, 1.165) is 63.7 Å². The minimum atomic E-state index is -3.30. The van der Waals surface area contributed by atoms with Gasteiger partial charge in [0.1, 0.15) is 0 Å². The Kier molecular flexibility index (Phi) is 23.8. The standard InChI is InChI=1S/C16H24O2.C12H18O4S.C5H10O.Na.H/c1-2-8-15(9-3-1)14-17-12-6-7-13-18-16-10-4-5-11-16;1-17(13,14)16-10-6-5-9-15-11-12-7-3-2-4-8-12;6-5-3-1-2-4-5;;/h1-3,8-9,16H,4-7,10-14H2;2-4,7-8H,5-6,9-11H2,1H3;5-6H,1-4H2;;/q;;;+1;-1. The van der Waals surface area contributed by atoms with Crippen molar-refractivity contribution < 1.29 is 62.9 Å². The Bertz CT molecular complexity index is 971. The number of hydrogen-bond acceptors (Lipinski definition) is 7. The maximum Gasteiger partial charge on any atom is 1.00 e. The molecule has 0 saturated heterocycles. The van der Waals surface area contributed by atoms with E-state index in [9.17, 15) is 8.42 Å². The Labute approximate surface area is 278 Å². The number of aliphatic hydroxyl groups excluding tert-OH is 1. The molecule has 234 valence electrons. The Balaban J connectivity index is 0.000000662. The molecule has 2 aliphatic rings. The van der Waals surface area contributed by atoms with E-state index in [1.807, 2.05) is 48.5 Å². The van der Waals surface area contributed by atoms with Crippen LogP contribution in [0.15, 0.2) is 60.7 Å². The van der Waals surface area contributed by atoms with Gasteiger partial charge < -0.3 is 20.7 Å². The zero-order chi connectivity index (χ0) is 29.4. The molecule has 2 saturated carbocycles. The van der Waals surface area contributed by atoms with Crippen molar-refractivity contribution in [3.63, 3.8) is 0 Å². The molecule has 2 aromatic rings. The fourth-order valence-corrected chi connectivity index (χ4v) is 4.98. The van der Waals surface area contributed by atoms with Crippen molar-refractivity contribution in [2.45, 2.75) is 102 Å². The molecule has 0 aliphatic heterocycles. The van der Waals surface area contributed by atoms with Crippen LogP contribution in [0.5, 0.6) is 0 Å². The molecule has 2 aromatic carbocycles. The molecule has 0 bridgehead atoms. The van der Waals surface area contributed by atoms with Crippen molar-refractivity contribution in [1.82, 2.24) is 0 Å². The van der Waals surface area contributed by atoms with Gasteiger partial charge in [0, 0.05) is 19.8 Å². The van der Waals surface area contributed by atoms with Crippen LogP contribution in [0, 0.1) is 0 Å². The molecule has 2 aliphatic carbocycles. The van der Waals surface area contributed by atoms with E-state index in [4.69, 9.17) is 19.3 Å². The van der Waals surface area contributed by atoms with E-state index in [1.165, 1.54) is 44.1 Å². The second-order valence-corrected chi connectivity index (χ2v) is 12.4. The first kappa shape index (κ1) is 39.2. The van der Waals surface area contributed by atoms with Crippen LogP contribution < -0.4 is 29.6 Å². The Hall–Kier alpha value is -0.810. The van der Waals surface area contributed by atoms with Gasteiger partial charge in [-0.25, -0.2) is 0 Å². The first-order valence-electron chi connectivity index (χ1n) is 15.3. The normalized spacial score (nSPS) is 15.3. The van der Waals surface area contributed by atoms with Crippen LogP contribution in [0.25, 0.3) is 0 Å². The number of hydrogen-bond donors (Lipinski definition) is 1. The number of unbranched alkanes of at least 4 members (excludes halogenated alkanes) is 2. The zero-order valence-corrected chi connectivity index (χ0v) is 28.8. The summed E-state index contributed by atoms with van der Waals surface area (Å²) in [5.74, 6) is 0. The molecule has 0 radical (unpaired) electrons. The molecule has 0 atom stereocenters. The minimum absolute atomic E-state index is 0. The third-order valence-electron chi connectivity index (χ3n) is 6.87. The monoisotopic (exact) mass is 616 g/mol. The van der Waals surface area contributed by atoms with Gasteiger partial charge in [-0.15, -0.1) is 0 Å². The molecule has 7 nitrogen and oxygen atoms in total. The summed E-state index contributed by atoms with van der Waals surface area (Å²) in [4.78, 5) is 0. The average Bonchev–Trinajstić information content (AvgIpc) is 3.67. The molecule has 0 heterocycles. The van der Waals surface area contributed by atoms with E-state index in [2.05, 4.69) is 16.3 Å². The summed E-state index contributed by atoms with van der Waals surface area (Å²) in [5.41, 5.74) is 2.39. The average molecular weight is 617 g/mol. The summed E-state index contributed by atoms with van der Waals surface area (Å²) in [5, 5.41) is 8.73. The van der Waals surface area contributed by atoms with Crippen LogP contribution in [0.3, 0.4) is 0 Å². The van der Waals surface area contributed by atoms with Crippen molar-refractivity contribution in [1.29, 1.82) is 0 Å². The van der Waals surface area contributed by atoms with Gasteiger partial charge in [0.05, 0.1) is 38.3 Å². The van der Waals surface area contributed by atoms with Crippen molar-refractivity contribution in [2.75, 3.05) is 32.7 Å². The summed E-state index contributed by atoms with van der Waals surface area (Å²) in [6.45, 7) is 3.90. The fourth-order valence-electron chi connectivity index (χ4n) is 4.56. The molecule has 0 unspecified atom stereocenters. The van der Waals surface area contributed by atoms with Crippen molar-refractivity contribution in [2.24, 2.45) is 0 Å².